The van der Waals surface area contributed by atoms with E-state index in [0.29, 0.717) is 0 Å². The SMILES string of the molecule is Nc1cc(C(=O)Nc2ccc(Cl)c(F)c2)cnc1N. The van der Waals surface area contributed by atoms with E-state index in [1.807, 2.05) is 0 Å². The number of aromatic nitrogens is 1. The molecule has 0 bridgehead atoms. The van der Waals surface area contributed by atoms with Crippen LogP contribution in [0.1, 0.15) is 10.4 Å². The Morgan fingerprint density at radius 1 is 1.32 bits per heavy atom. The number of carbonyl (C=O) groups excluding carboxylic acids is 1. The Kier molecular flexibility index (Phi) is 3.52. The minimum Gasteiger partial charge on any atom is -0.396 e. The molecule has 0 aliphatic rings. The monoisotopic (exact) mass is 280 g/mol. The van der Waals surface area contributed by atoms with E-state index >= 15 is 0 Å². The maximum Gasteiger partial charge on any atom is 0.257 e. The molecule has 5 N–H and O–H groups in total. The van der Waals surface area contributed by atoms with Gasteiger partial charge in [0.15, 0.2) is 0 Å². The van der Waals surface area contributed by atoms with E-state index in [0.717, 1.165) is 6.07 Å². The fraction of sp³-hybridized carbons (Fsp3) is 0. The molecule has 0 saturated heterocycles. The highest BCUT2D eigenvalue weighted by molar-refractivity contribution is 6.30. The fourth-order valence-electron chi connectivity index (χ4n) is 1.39. The summed E-state index contributed by atoms with van der Waals surface area (Å²) in [4.78, 5) is 15.6. The largest absolute Gasteiger partial charge is 0.396 e. The molecule has 19 heavy (non-hydrogen) atoms. The van der Waals surface area contributed by atoms with Gasteiger partial charge in [0.05, 0.1) is 16.3 Å². The number of benzene rings is 1. The lowest BCUT2D eigenvalue weighted by Gasteiger charge is -2.07. The quantitative estimate of drug-likeness (QED) is 0.787. The van der Waals surface area contributed by atoms with Gasteiger partial charge < -0.3 is 16.8 Å². The van der Waals surface area contributed by atoms with Crippen molar-refractivity contribution in [2.45, 2.75) is 0 Å². The van der Waals surface area contributed by atoms with Crippen LogP contribution in [0.15, 0.2) is 30.5 Å². The van der Waals surface area contributed by atoms with Crippen molar-refractivity contribution in [2.24, 2.45) is 0 Å². The zero-order chi connectivity index (χ0) is 14.0. The van der Waals surface area contributed by atoms with E-state index in [2.05, 4.69) is 10.3 Å². The summed E-state index contributed by atoms with van der Waals surface area (Å²) in [5.41, 5.74) is 11.7. The molecule has 0 fully saturated rings. The van der Waals surface area contributed by atoms with Gasteiger partial charge in [0.2, 0.25) is 0 Å². The van der Waals surface area contributed by atoms with Crippen LogP contribution in [0.2, 0.25) is 5.02 Å². The van der Waals surface area contributed by atoms with Crippen LogP contribution >= 0.6 is 11.6 Å². The zero-order valence-corrected chi connectivity index (χ0v) is 10.4. The van der Waals surface area contributed by atoms with Crippen molar-refractivity contribution in [2.75, 3.05) is 16.8 Å². The highest BCUT2D eigenvalue weighted by atomic mass is 35.5. The van der Waals surface area contributed by atoms with E-state index < -0.39 is 11.7 Å². The molecule has 2 aromatic rings. The topological polar surface area (TPSA) is 94.0 Å². The number of nitrogens with zero attached hydrogens (tertiary/aromatic N) is 1. The van der Waals surface area contributed by atoms with Crippen molar-refractivity contribution >= 4 is 34.7 Å². The highest BCUT2D eigenvalue weighted by Crippen LogP contribution is 2.20. The third kappa shape index (κ3) is 2.92. The minimum absolute atomic E-state index is 0.0172. The molecule has 1 heterocycles. The van der Waals surface area contributed by atoms with Gasteiger partial charge >= 0.3 is 0 Å². The van der Waals surface area contributed by atoms with Gasteiger partial charge in [-0.25, -0.2) is 9.37 Å². The first-order valence-electron chi connectivity index (χ1n) is 5.25. The van der Waals surface area contributed by atoms with E-state index in [1.54, 1.807) is 0 Å². The van der Waals surface area contributed by atoms with Crippen molar-refractivity contribution in [3.8, 4) is 0 Å². The predicted octanol–water partition coefficient (Wildman–Crippen LogP) is 2.29. The molecule has 98 valence electrons. The number of hydrogen-bond donors (Lipinski definition) is 3. The standard InChI is InChI=1S/C12H10ClFN4O/c13-8-2-1-7(4-9(8)14)18-12(19)6-3-10(15)11(16)17-5-6/h1-5H,15H2,(H2,16,17)(H,18,19). The fourth-order valence-corrected chi connectivity index (χ4v) is 1.51. The molecule has 2 rings (SSSR count). The lowest BCUT2D eigenvalue weighted by atomic mass is 10.2. The average molecular weight is 281 g/mol. The van der Waals surface area contributed by atoms with Gasteiger partial charge in [-0.1, -0.05) is 11.6 Å². The number of carbonyl (C=O) groups is 1. The second-order valence-corrected chi connectivity index (χ2v) is 4.19. The van der Waals surface area contributed by atoms with Crippen LogP contribution in [0, 0.1) is 5.82 Å². The number of nitrogens with two attached hydrogens (primary N) is 2. The summed E-state index contributed by atoms with van der Waals surface area (Å²) in [5.74, 6) is -0.940. The maximum atomic E-state index is 13.2. The summed E-state index contributed by atoms with van der Waals surface area (Å²) in [6.45, 7) is 0. The Morgan fingerprint density at radius 3 is 2.68 bits per heavy atom. The second-order valence-electron chi connectivity index (χ2n) is 3.78. The number of halogens is 2. The van der Waals surface area contributed by atoms with Crippen LogP contribution in [0.4, 0.5) is 21.6 Å². The molecule has 0 radical (unpaired) electrons. The molecule has 7 heteroatoms. The number of pyridine rings is 1. The smallest absolute Gasteiger partial charge is 0.257 e. The van der Waals surface area contributed by atoms with Gasteiger partial charge in [0.25, 0.3) is 5.91 Å². The van der Waals surface area contributed by atoms with Crippen LogP contribution in [0.3, 0.4) is 0 Å². The number of nitrogen functional groups attached to an aromatic ring is 2. The molecule has 0 aliphatic heterocycles. The predicted molar refractivity (Wildman–Crippen MR) is 72.4 cm³/mol. The van der Waals surface area contributed by atoms with Gasteiger partial charge in [-0.2, -0.15) is 0 Å². The first-order valence-corrected chi connectivity index (χ1v) is 5.62. The van der Waals surface area contributed by atoms with Gasteiger partial charge in [-0.15, -0.1) is 0 Å². The molecule has 1 aromatic carbocycles. The second kappa shape index (κ2) is 5.11. The van der Waals surface area contributed by atoms with Crippen LogP contribution < -0.4 is 16.8 Å². The lowest BCUT2D eigenvalue weighted by molar-refractivity contribution is 0.102. The average Bonchev–Trinajstić information content (AvgIpc) is 2.37. The molecule has 0 atom stereocenters. The third-order valence-electron chi connectivity index (χ3n) is 2.39. The van der Waals surface area contributed by atoms with Crippen molar-refractivity contribution in [3.05, 3.63) is 46.9 Å². The summed E-state index contributed by atoms with van der Waals surface area (Å²) in [7, 11) is 0. The van der Waals surface area contributed by atoms with E-state index in [-0.39, 0.29) is 27.8 Å². The lowest BCUT2D eigenvalue weighted by Crippen LogP contribution is -2.13. The Bertz CT molecular complexity index is 648. The van der Waals surface area contributed by atoms with Crippen LogP contribution in [0.25, 0.3) is 0 Å². The van der Waals surface area contributed by atoms with Crippen LogP contribution in [0.5, 0.6) is 0 Å². The third-order valence-corrected chi connectivity index (χ3v) is 2.70. The van der Waals surface area contributed by atoms with Crippen molar-refractivity contribution in [1.82, 2.24) is 4.98 Å². The number of nitrogens with one attached hydrogen (secondary N) is 1. The Morgan fingerprint density at radius 2 is 2.05 bits per heavy atom. The molecule has 0 unspecified atom stereocenters. The van der Waals surface area contributed by atoms with E-state index in [1.165, 1.54) is 24.4 Å². The molecule has 5 nitrogen and oxygen atoms in total. The molecular weight excluding hydrogens is 271 g/mol. The summed E-state index contributed by atoms with van der Waals surface area (Å²) in [6, 6.07) is 5.34. The molecule has 1 amide bonds. The van der Waals surface area contributed by atoms with E-state index in [9.17, 15) is 9.18 Å². The maximum absolute atomic E-state index is 13.2. The Hall–Kier alpha value is -2.34. The number of hydrogen-bond acceptors (Lipinski definition) is 4. The Balaban J connectivity index is 2.20. The summed E-state index contributed by atoms with van der Waals surface area (Å²) in [5, 5.41) is 2.48. The summed E-state index contributed by atoms with van der Waals surface area (Å²) >= 11 is 5.54. The van der Waals surface area contributed by atoms with Gasteiger partial charge in [0.1, 0.15) is 11.6 Å². The van der Waals surface area contributed by atoms with Crippen molar-refractivity contribution in [1.29, 1.82) is 0 Å². The van der Waals surface area contributed by atoms with Crippen LogP contribution in [-0.2, 0) is 0 Å². The van der Waals surface area contributed by atoms with Gasteiger partial charge in [0, 0.05) is 11.9 Å². The number of amides is 1. The van der Waals surface area contributed by atoms with Crippen molar-refractivity contribution < 1.29 is 9.18 Å². The summed E-state index contributed by atoms with van der Waals surface area (Å²) < 4.78 is 13.2. The molecule has 0 spiro atoms. The Labute approximate surface area is 113 Å². The van der Waals surface area contributed by atoms with E-state index in [4.69, 9.17) is 23.1 Å². The van der Waals surface area contributed by atoms with Crippen LogP contribution in [-0.4, -0.2) is 10.9 Å². The molecular formula is C12H10ClFN4O. The normalized spacial score (nSPS) is 10.2. The first-order chi connectivity index (χ1) is 8.97. The van der Waals surface area contributed by atoms with Gasteiger partial charge in [-0.3, -0.25) is 4.79 Å². The van der Waals surface area contributed by atoms with Gasteiger partial charge in [-0.05, 0) is 24.3 Å². The first kappa shape index (κ1) is 13.1. The highest BCUT2D eigenvalue weighted by Gasteiger charge is 2.09. The number of rotatable bonds is 2. The molecule has 0 saturated carbocycles. The minimum atomic E-state index is -0.616. The molecule has 0 aliphatic carbocycles. The summed E-state index contributed by atoms with van der Waals surface area (Å²) in [6.07, 6.45) is 1.29. The van der Waals surface area contributed by atoms with Crippen molar-refractivity contribution in [3.63, 3.8) is 0 Å². The zero-order valence-electron chi connectivity index (χ0n) is 9.65. The molecule has 1 aromatic heterocycles. The number of anilines is 3.